The molecule has 0 unspecified atom stereocenters. The average Bonchev–Trinajstić information content (AvgIpc) is 3.23. The number of nitrogens with one attached hydrogen (secondary N) is 2. The van der Waals surface area contributed by atoms with E-state index in [1.807, 2.05) is 31.2 Å². The van der Waals surface area contributed by atoms with Crippen LogP contribution in [0.4, 0.5) is 11.4 Å². The van der Waals surface area contributed by atoms with Crippen molar-refractivity contribution in [2.75, 3.05) is 5.32 Å². The van der Waals surface area contributed by atoms with E-state index in [4.69, 9.17) is 0 Å². The molecular weight excluding hydrogens is 250 g/mol. The molecule has 1 aromatic carbocycles. The van der Waals surface area contributed by atoms with E-state index in [9.17, 15) is 4.79 Å². The lowest BCUT2D eigenvalue weighted by atomic mass is 10.2. The summed E-state index contributed by atoms with van der Waals surface area (Å²) in [5.74, 6) is -0.0482. The van der Waals surface area contributed by atoms with Gasteiger partial charge < -0.3 is 10.6 Å². The monoisotopic (exact) mass is 267 g/mol. The largest absolute Gasteiger partial charge is 0.354 e. The van der Waals surface area contributed by atoms with E-state index < -0.39 is 0 Å². The Morgan fingerprint density at radius 2 is 2.05 bits per heavy atom. The molecule has 20 heavy (non-hydrogen) atoms. The molecule has 0 bridgehead atoms. The lowest BCUT2D eigenvalue weighted by Crippen LogP contribution is -2.25. The Morgan fingerprint density at radius 3 is 2.80 bits per heavy atom. The highest BCUT2D eigenvalue weighted by Gasteiger charge is 2.23. The molecule has 2 aromatic rings. The van der Waals surface area contributed by atoms with Crippen LogP contribution >= 0.6 is 0 Å². The third-order valence-corrected chi connectivity index (χ3v) is 3.22. The van der Waals surface area contributed by atoms with Gasteiger partial charge in [-0.3, -0.25) is 9.78 Å². The number of aryl methyl sites for hydroxylation is 1. The number of aromatic nitrogens is 1. The standard InChI is InChI=1S/C16H17N3O/c1-11-3-2-4-14(7-11)18-15-8-12(9-17-10-15)16(20)19-13-5-6-13/h2-4,7-10,13,18H,5-6H2,1H3,(H,19,20). The molecule has 0 saturated heterocycles. The molecule has 1 aromatic heterocycles. The van der Waals surface area contributed by atoms with Crippen molar-refractivity contribution in [1.82, 2.24) is 10.3 Å². The van der Waals surface area contributed by atoms with Gasteiger partial charge >= 0.3 is 0 Å². The Bertz CT molecular complexity index is 635. The number of benzene rings is 1. The number of anilines is 2. The second-order valence-corrected chi connectivity index (χ2v) is 5.20. The summed E-state index contributed by atoms with van der Waals surface area (Å²) in [6.45, 7) is 2.04. The second-order valence-electron chi connectivity index (χ2n) is 5.20. The van der Waals surface area contributed by atoms with Crippen LogP contribution in [-0.2, 0) is 0 Å². The summed E-state index contributed by atoms with van der Waals surface area (Å²) in [5, 5.41) is 6.23. The second kappa shape index (κ2) is 5.33. The summed E-state index contributed by atoms with van der Waals surface area (Å²) in [4.78, 5) is 16.1. The van der Waals surface area contributed by atoms with Crippen molar-refractivity contribution in [2.24, 2.45) is 0 Å². The first-order chi connectivity index (χ1) is 9.70. The number of pyridine rings is 1. The first-order valence-corrected chi connectivity index (χ1v) is 6.80. The van der Waals surface area contributed by atoms with E-state index >= 15 is 0 Å². The zero-order valence-electron chi connectivity index (χ0n) is 11.4. The number of hydrogen-bond acceptors (Lipinski definition) is 3. The van der Waals surface area contributed by atoms with Crippen LogP contribution in [0.5, 0.6) is 0 Å². The van der Waals surface area contributed by atoms with E-state index in [0.29, 0.717) is 11.6 Å². The van der Waals surface area contributed by atoms with Crippen molar-refractivity contribution >= 4 is 17.3 Å². The fourth-order valence-electron chi connectivity index (χ4n) is 2.02. The molecule has 1 heterocycles. The highest BCUT2D eigenvalue weighted by molar-refractivity contribution is 5.95. The SMILES string of the molecule is Cc1cccc(Nc2cncc(C(=O)NC3CC3)c2)c1. The maximum atomic E-state index is 12.0. The number of carbonyl (C=O) groups excluding carboxylic acids is 1. The van der Waals surface area contributed by atoms with Crippen molar-refractivity contribution in [1.29, 1.82) is 0 Å². The number of nitrogens with zero attached hydrogens (tertiary/aromatic N) is 1. The number of amides is 1. The van der Waals surface area contributed by atoms with Crippen LogP contribution in [0, 0.1) is 6.92 Å². The van der Waals surface area contributed by atoms with Gasteiger partial charge in [0.2, 0.25) is 0 Å². The van der Waals surface area contributed by atoms with Gasteiger partial charge in [0.1, 0.15) is 0 Å². The zero-order chi connectivity index (χ0) is 13.9. The third kappa shape index (κ3) is 3.15. The minimum Gasteiger partial charge on any atom is -0.354 e. The number of hydrogen-bond donors (Lipinski definition) is 2. The summed E-state index contributed by atoms with van der Waals surface area (Å²) in [6.07, 6.45) is 5.48. The van der Waals surface area contributed by atoms with E-state index in [1.165, 1.54) is 5.56 Å². The van der Waals surface area contributed by atoms with E-state index in [0.717, 1.165) is 24.2 Å². The molecule has 0 radical (unpaired) electrons. The minimum atomic E-state index is -0.0482. The Morgan fingerprint density at radius 1 is 1.20 bits per heavy atom. The van der Waals surface area contributed by atoms with Crippen molar-refractivity contribution in [3.05, 3.63) is 53.9 Å². The molecule has 4 heteroatoms. The van der Waals surface area contributed by atoms with Crippen LogP contribution in [0.1, 0.15) is 28.8 Å². The normalized spacial score (nSPS) is 13.8. The van der Waals surface area contributed by atoms with Crippen molar-refractivity contribution in [3.63, 3.8) is 0 Å². The Hall–Kier alpha value is -2.36. The average molecular weight is 267 g/mol. The van der Waals surface area contributed by atoms with Crippen LogP contribution in [0.25, 0.3) is 0 Å². The Labute approximate surface area is 118 Å². The van der Waals surface area contributed by atoms with Gasteiger partial charge in [0, 0.05) is 17.9 Å². The summed E-state index contributed by atoms with van der Waals surface area (Å²) in [6, 6.07) is 10.3. The first kappa shape index (κ1) is 12.7. The van der Waals surface area contributed by atoms with Crippen LogP contribution in [-0.4, -0.2) is 16.9 Å². The highest BCUT2D eigenvalue weighted by atomic mass is 16.1. The fraction of sp³-hybridized carbons (Fsp3) is 0.250. The minimum absolute atomic E-state index is 0.0482. The quantitative estimate of drug-likeness (QED) is 0.895. The zero-order valence-corrected chi connectivity index (χ0v) is 11.4. The van der Waals surface area contributed by atoms with Crippen LogP contribution in [0.15, 0.2) is 42.7 Å². The predicted molar refractivity (Wildman–Crippen MR) is 79.2 cm³/mol. The maximum absolute atomic E-state index is 12.0. The third-order valence-electron chi connectivity index (χ3n) is 3.22. The van der Waals surface area contributed by atoms with Gasteiger partial charge in [-0.05, 0) is 43.5 Å². The lowest BCUT2D eigenvalue weighted by Gasteiger charge is -2.08. The van der Waals surface area contributed by atoms with E-state index in [-0.39, 0.29) is 5.91 Å². The molecule has 2 N–H and O–H groups in total. The fourth-order valence-corrected chi connectivity index (χ4v) is 2.02. The smallest absolute Gasteiger partial charge is 0.253 e. The summed E-state index contributed by atoms with van der Waals surface area (Å²) < 4.78 is 0. The Kier molecular flexibility index (Phi) is 3.37. The molecule has 0 atom stereocenters. The van der Waals surface area contributed by atoms with Gasteiger partial charge in [-0.2, -0.15) is 0 Å². The van der Waals surface area contributed by atoms with Crippen LogP contribution < -0.4 is 10.6 Å². The van der Waals surface area contributed by atoms with Gasteiger partial charge in [-0.1, -0.05) is 12.1 Å². The molecule has 0 spiro atoms. The summed E-state index contributed by atoms with van der Waals surface area (Å²) >= 11 is 0. The van der Waals surface area contributed by atoms with Gasteiger partial charge in [0.05, 0.1) is 17.4 Å². The van der Waals surface area contributed by atoms with Crippen molar-refractivity contribution < 1.29 is 4.79 Å². The molecule has 1 saturated carbocycles. The van der Waals surface area contributed by atoms with E-state index in [2.05, 4.69) is 21.7 Å². The summed E-state index contributed by atoms with van der Waals surface area (Å²) in [5.41, 5.74) is 3.59. The molecule has 1 amide bonds. The molecule has 1 aliphatic carbocycles. The molecule has 3 rings (SSSR count). The lowest BCUT2D eigenvalue weighted by molar-refractivity contribution is 0.0951. The number of rotatable bonds is 4. The summed E-state index contributed by atoms with van der Waals surface area (Å²) in [7, 11) is 0. The molecular formula is C16H17N3O. The van der Waals surface area contributed by atoms with Crippen molar-refractivity contribution in [2.45, 2.75) is 25.8 Å². The first-order valence-electron chi connectivity index (χ1n) is 6.80. The molecule has 4 nitrogen and oxygen atoms in total. The molecule has 102 valence electrons. The van der Waals surface area contributed by atoms with E-state index in [1.54, 1.807) is 12.4 Å². The topological polar surface area (TPSA) is 54.0 Å². The molecule has 1 aliphatic rings. The number of carbonyl (C=O) groups is 1. The van der Waals surface area contributed by atoms with Crippen LogP contribution in [0.2, 0.25) is 0 Å². The van der Waals surface area contributed by atoms with Crippen molar-refractivity contribution in [3.8, 4) is 0 Å². The van der Waals surface area contributed by atoms with Gasteiger partial charge in [-0.15, -0.1) is 0 Å². The van der Waals surface area contributed by atoms with Gasteiger partial charge in [-0.25, -0.2) is 0 Å². The Balaban J connectivity index is 1.75. The molecule has 1 fully saturated rings. The highest BCUT2D eigenvalue weighted by Crippen LogP contribution is 2.21. The molecule has 0 aliphatic heterocycles. The van der Waals surface area contributed by atoms with Gasteiger partial charge in [0.25, 0.3) is 5.91 Å². The van der Waals surface area contributed by atoms with Gasteiger partial charge in [0.15, 0.2) is 0 Å². The predicted octanol–water partition coefficient (Wildman–Crippen LogP) is 3.03. The van der Waals surface area contributed by atoms with Crippen LogP contribution in [0.3, 0.4) is 0 Å². The maximum Gasteiger partial charge on any atom is 0.253 e.